The topological polar surface area (TPSA) is 107 Å². The Morgan fingerprint density at radius 3 is 1.53 bits per heavy atom. The molecule has 0 atom stereocenters. The van der Waals surface area contributed by atoms with E-state index in [1.807, 2.05) is 19.3 Å². The van der Waals surface area contributed by atoms with E-state index in [1.165, 1.54) is 0 Å². The van der Waals surface area contributed by atoms with E-state index in [0.717, 1.165) is 0 Å². The van der Waals surface area contributed by atoms with Crippen LogP contribution in [-0.4, -0.2) is 18.3 Å². The molecule has 0 saturated heterocycles. The maximum Gasteiger partial charge on any atom is 0.233 e. The predicted molar refractivity (Wildman–Crippen MR) is 59.4 cm³/mol. The van der Waals surface area contributed by atoms with Gasteiger partial charge >= 0.3 is 0 Å². The van der Waals surface area contributed by atoms with Crippen LogP contribution in [0.3, 0.4) is 0 Å². The van der Waals surface area contributed by atoms with Gasteiger partial charge in [-0.2, -0.15) is 0 Å². The molecule has 0 aromatic carbocycles. The zero-order valence-electron chi connectivity index (χ0n) is 10.0. The maximum atomic E-state index is 9.94. The monoisotopic (exact) mass is 221 g/mol. The zero-order valence-corrected chi connectivity index (χ0v) is 10.0. The summed E-state index contributed by atoms with van der Waals surface area (Å²) in [6, 6.07) is 0. The molecule has 0 fully saturated rings. The van der Waals surface area contributed by atoms with Crippen LogP contribution in [0.1, 0.15) is 40.5 Å². The largest absolute Gasteiger partial charge is 0.305 e. The standard InChI is InChI=1S/C4H8O.C3H8N2O.C2H7NO/c1-3-4(2)5;1-2-3(6)5-4;1-2-4-3/h3H2,1-2H3;2,4H2,1H3,(H,5,6);2-3H2,1H3. The minimum atomic E-state index is -0.130. The van der Waals surface area contributed by atoms with E-state index in [-0.39, 0.29) is 11.7 Å². The predicted octanol–water partition coefficient (Wildman–Crippen LogP) is 0.268. The van der Waals surface area contributed by atoms with Gasteiger partial charge in [0.1, 0.15) is 5.78 Å². The Labute approximate surface area is 91.3 Å². The van der Waals surface area contributed by atoms with Crippen molar-refractivity contribution in [1.82, 2.24) is 5.43 Å². The molecule has 6 nitrogen and oxygen atoms in total. The summed E-state index contributed by atoms with van der Waals surface area (Å²) in [4.78, 5) is 23.8. The summed E-state index contributed by atoms with van der Waals surface area (Å²) in [6.07, 6.45) is 1.12. The quantitative estimate of drug-likeness (QED) is 0.360. The lowest BCUT2D eigenvalue weighted by Gasteiger charge is -1.87. The summed E-state index contributed by atoms with van der Waals surface area (Å²) < 4.78 is 0. The summed E-state index contributed by atoms with van der Waals surface area (Å²) >= 11 is 0. The number of hydrogen-bond donors (Lipinski definition) is 3. The van der Waals surface area contributed by atoms with Crippen molar-refractivity contribution in [3.63, 3.8) is 0 Å². The van der Waals surface area contributed by atoms with Crippen LogP contribution in [0.2, 0.25) is 0 Å². The number of hydrogen-bond acceptors (Lipinski definition) is 5. The molecule has 0 spiro atoms. The highest BCUT2D eigenvalue weighted by Crippen LogP contribution is 1.71. The highest BCUT2D eigenvalue weighted by Gasteiger charge is 1.85. The molecule has 0 unspecified atom stereocenters. The number of amides is 1. The van der Waals surface area contributed by atoms with E-state index in [4.69, 9.17) is 0 Å². The van der Waals surface area contributed by atoms with E-state index in [2.05, 4.69) is 16.6 Å². The average molecular weight is 221 g/mol. The molecule has 0 aromatic rings. The van der Waals surface area contributed by atoms with Crippen LogP contribution < -0.4 is 17.2 Å². The van der Waals surface area contributed by atoms with E-state index < -0.39 is 0 Å². The molecule has 0 aliphatic heterocycles. The van der Waals surface area contributed by atoms with Gasteiger partial charge in [-0.25, -0.2) is 11.7 Å². The van der Waals surface area contributed by atoms with Crippen LogP contribution in [0.15, 0.2) is 0 Å². The van der Waals surface area contributed by atoms with Crippen molar-refractivity contribution < 1.29 is 14.4 Å². The van der Waals surface area contributed by atoms with Crippen molar-refractivity contribution in [3.05, 3.63) is 0 Å². The van der Waals surface area contributed by atoms with Gasteiger partial charge < -0.3 is 9.63 Å². The van der Waals surface area contributed by atoms with Crippen molar-refractivity contribution in [2.24, 2.45) is 11.7 Å². The van der Waals surface area contributed by atoms with Crippen LogP contribution in [0.5, 0.6) is 0 Å². The third-order valence-electron chi connectivity index (χ3n) is 1.15. The Balaban J connectivity index is -0.000000147. The molecule has 0 saturated carbocycles. The van der Waals surface area contributed by atoms with E-state index >= 15 is 0 Å². The van der Waals surface area contributed by atoms with Gasteiger partial charge in [0, 0.05) is 12.8 Å². The van der Waals surface area contributed by atoms with E-state index in [0.29, 0.717) is 19.4 Å². The first-order valence-corrected chi connectivity index (χ1v) is 4.80. The van der Waals surface area contributed by atoms with Crippen molar-refractivity contribution in [2.75, 3.05) is 6.61 Å². The smallest absolute Gasteiger partial charge is 0.233 e. The Hall–Kier alpha value is -0.980. The summed E-state index contributed by atoms with van der Waals surface area (Å²) in [5, 5.41) is 0. The number of nitrogens with one attached hydrogen (secondary N) is 1. The fourth-order valence-electron chi connectivity index (χ4n) is 0.102. The third kappa shape index (κ3) is 43.6. The SMILES string of the molecule is CCC(=O)NN.CCC(C)=O.CCON. The molecular formula is C9H23N3O3. The zero-order chi connectivity index (χ0) is 12.7. The normalized spacial score (nSPS) is 7.60. The first-order chi connectivity index (χ1) is 6.99. The van der Waals surface area contributed by atoms with Crippen LogP contribution in [0, 0.1) is 0 Å². The molecule has 15 heavy (non-hydrogen) atoms. The van der Waals surface area contributed by atoms with Gasteiger partial charge in [0.25, 0.3) is 0 Å². The van der Waals surface area contributed by atoms with Crippen LogP contribution in [0.25, 0.3) is 0 Å². The number of carbonyl (C=O) groups excluding carboxylic acids is 2. The third-order valence-corrected chi connectivity index (χ3v) is 1.15. The molecule has 0 aliphatic carbocycles. The Kier molecular flexibility index (Phi) is 24.4. The van der Waals surface area contributed by atoms with Crippen LogP contribution >= 0.6 is 0 Å². The molecule has 0 aromatic heterocycles. The van der Waals surface area contributed by atoms with Crippen molar-refractivity contribution in [3.8, 4) is 0 Å². The molecule has 5 N–H and O–H groups in total. The fourth-order valence-corrected chi connectivity index (χ4v) is 0.102. The maximum absolute atomic E-state index is 9.94. The number of ketones is 1. The second-order valence-corrected chi connectivity index (χ2v) is 2.43. The number of rotatable bonds is 3. The number of nitrogens with two attached hydrogens (primary N) is 2. The Morgan fingerprint density at radius 2 is 1.53 bits per heavy atom. The van der Waals surface area contributed by atoms with Crippen molar-refractivity contribution in [1.29, 1.82) is 0 Å². The molecule has 0 heterocycles. The number of carbonyl (C=O) groups is 2. The van der Waals surface area contributed by atoms with Gasteiger partial charge in [-0.05, 0) is 13.8 Å². The molecule has 0 aliphatic rings. The van der Waals surface area contributed by atoms with Gasteiger partial charge in [0.2, 0.25) is 5.91 Å². The summed E-state index contributed by atoms with van der Waals surface area (Å²) in [5.41, 5.74) is 1.98. The lowest BCUT2D eigenvalue weighted by molar-refractivity contribution is -0.120. The minimum Gasteiger partial charge on any atom is -0.305 e. The second kappa shape index (κ2) is 18.7. The summed E-state index contributed by atoms with van der Waals surface area (Å²) in [5.74, 6) is 9.34. The number of Topliss-reactive ketones (excluding diaryl/α,β-unsaturated/α-hetero) is 1. The van der Waals surface area contributed by atoms with E-state index in [1.54, 1.807) is 13.8 Å². The van der Waals surface area contributed by atoms with Gasteiger partial charge in [-0.3, -0.25) is 10.2 Å². The first kappa shape index (κ1) is 19.6. The van der Waals surface area contributed by atoms with Crippen molar-refractivity contribution in [2.45, 2.75) is 40.5 Å². The van der Waals surface area contributed by atoms with E-state index in [9.17, 15) is 9.59 Å². The lowest BCUT2D eigenvalue weighted by Crippen LogP contribution is -2.28. The van der Waals surface area contributed by atoms with Crippen molar-refractivity contribution >= 4 is 11.7 Å². The van der Waals surface area contributed by atoms with Crippen LogP contribution in [-0.2, 0) is 14.4 Å². The second-order valence-electron chi connectivity index (χ2n) is 2.43. The first-order valence-electron chi connectivity index (χ1n) is 4.80. The number of hydrazine groups is 1. The lowest BCUT2D eigenvalue weighted by atomic mass is 10.4. The minimum absolute atomic E-state index is 0.130. The highest BCUT2D eigenvalue weighted by atomic mass is 16.6. The van der Waals surface area contributed by atoms with Gasteiger partial charge in [-0.15, -0.1) is 0 Å². The van der Waals surface area contributed by atoms with Crippen LogP contribution in [0.4, 0.5) is 0 Å². The fraction of sp³-hybridized carbons (Fsp3) is 0.778. The molecule has 6 heteroatoms. The Morgan fingerprint density at radius 1 is 1.20 bits per heavy atom. The molecule has 1 amide bonds. The molecule has 0 bridgehead atoms. The van der Waals surface area contributed by atoms with Gasteiger partial charge in [0.05, 0.1) is 6.61 Å². The average Bonchev–Trinajstić information content (AvgIpc) is 2.28. The highest BCUT2D eigenvalue weighted by molar-refractivity contribution is 5.75. The molecule has 0 rings (SSSR count). The van der Waals surface area contributed by atoms with Gasteiger partial charge in [0.15, 0.2) is 0 Å². The summed E-state index contributed by atoms with van der Waals surface area (Å²) in [7, 11) is 0. The Bertz CT molecular complexity index is 144. The molecule has 0 radical (unpaired) electrons. The molecular weight excluding hydrogens is 198 g/mol. The molecule has 92 valence electrons. The summed E-state index contributed by atoms with van der Waals surface area (Å²) in [6.45, 7) is 7.60. The van der Waals surface area contributed by atoms with Gasteiger partial charge in [-0.1, -0.05) is 13.8 Å².